The van der Waals surface area contributed by atoms with Crippen LogP contribution in [0.1, 0.15) is 39.3 Å². The van der Waals surface area contributed by atoms with Gasteiger partial charge in [0, 0.05) is 23.8 Å². The third kappa shape index (κ3) is 4.14. The Bertz CT molecular complexity index is 377. The van der Waals surface area contributed by atoms with Crippen LogP contribution in [-0.4, -0.2) is 28.7 Å². The molecular weight excluding hydrogens is 228 g/mol. The first-order valence-corrected chi connectivity index (χ1v) is 6.54. The van der Waals surface area contributed by atoms with Crippen molar-refractivity contribution in [3.8, 4) is 5.88 Å². The van der Waals surface area contributed by atoms with Crippen LogP contribution in [0, 0.1) is 6.92 Å². The summed E-state index contributed by atoms with van der Waals surface area (Å²) in [6, 6.07) is 1.82. The lowest BCUT2D eigenvalue weighted by atomic mass is 9.94. The molecule has 0 bridgehead atoms. The minimum atomic E-state index is -0.209. The number of nitrogens with one attached hydrogen (secondary N) is 1. The van der Waals surface area contributed by atoms with Gasteiger partial charge in [0.1, 0.15) is 0 Å². The van der Waals surface area contributed by atoms with Gasteiger partial charge in [-0.1, -0.05) is 13.8 Å². The Morgan fingerprint density at radius 2 is 1.94 bits per heavy atom. The predicted molar refractivity (Wildman–Crippen MR) is 73.9 cm³/mol. The highest BCUT2D eigenvalue weighted by Crippen LogP contribution is 2.15. The summed E-state index contributed by atoms with van der Waals surface area (Å²) in [4.78, 5) is 8.62. The van der Waals surface area contributed by atoms with E-state index in [1.54, 1.807) is 0 Å². The summed E-state index contributed by atoms with van der Waals surface area (Å²) in [5.74, 6) is 1.18. The van der Waals surface area contributed by atoms with Crippen LogP contribution in [0.15, 0.2) is 6.07 Å². The number of aryl methyl sites for hydroxylation is 1. The average molecular weight is 252 g/mol. The molecule has 0 aliphatic carbocycles. The Morgan fingerprint density at radius 1 is 1.28 bits per heavy atom. The molecule has 0 atom stereocenters. The van der Waals surface area contributed by atoms with Gasteiger partial charge in [-0.15, -0.1) is 0 Å². The number of hydrogen-bond acceptors (Lipinski definition) is 5. The molecule has 5 heteroatoms. The highest BCUT2D eigenvalue weighted by Gasteiger charge is 2.20. The lowest BCUT2D eigenvalue weighted by Crippen LogP contribution is -2.45. The van der Waals surface area contributed by atoms with Crippen LogP contribution >= 0.6 is 0 Å². The molecule has 0 radical (unpaired) electrons. The lowest BCUT2D eigenvalue weighted by Gasteiger charge is -2.26. The Morgan fingerprint density at radius 3 is 2.50 bits per heavy atom. The predicted octanol–water partition coefficient (Wildman–Crippen LogP) is 2.11. The fraction of sp³-hybridized carbons (Fsp3) is 0.692. The van der Waals surface area contributed by atoms with Crippen molar-refractivity contribution < 1.29 is 4.74 Å². The summed E-state index contributed by atoms with van der Waals surface area (Å²) in [6.45, 7) is 9.30. The molecule has 0 amide bonds. The number of ether oxygens (including phenoxy) is 1. The SMILES string of the molecule is CCOc1cc(C)nc(NCC(N)(CC)CC)n1. The van der Waals surface area contributed by atoms with Gasteiger partial charge in [-0.3, -0.25) is 0 Å². The smallest absolute Gasteiger partial charge is 0.226 e. The summed E-state index contributed by atoms with van der Waals surface area (Å²) in [7, 11) is 0. The molecule has 5 nitrogen and oxygen atoms in total. The van der Waals surface area contributed by atoms with E-state index in [0.717, 1.165) is 18.5 Å². The van der Waals surface area contributed by atoms with Crippen LogP contribution < -0.4 is 15.8 Å². The number of nitrogens with zero attached hydrogens (tertiary/aromatic N) is 2. The van der Waals surface area contributed by atoms with Crippen molar-refractivity contribution >= 4 is 5.95 Å². The first-order chi connectivity index (χ1) is 8.53. The van der Waals surface area contributed by atoms with Crippen molar-refractivity contribution in [3.63, 3.8) is 0 Å². The number of hydrogen-bond donors (Lipinski definition) is 2. The summed E-state index contributed by atoms with van der Waals surface area (Å²) in [5, 5.41) is 3.20. The minimum absolute atomic E-state index is 0.209. The van der Waals surface area contributed by atoms with Gasteiger partial charge in [-0.25, -0.2) is 4.98 Å². The van der Waals surface area contributed by atoms with E-state index in [0.29, 0.717) is 25.0 Å². The molecule has 0 aromatic carbocycles. The molecule has 1 aromatic rings. The van der Waals surface area contributed by atoms with Crippen LogP contribution in [0.4, 0.5) is 5.95 Å². The molecule has 18 heavy (non-hydrogen) atoms. The van der Waals surface area contributed by atoms with E-state index in [9.17, 15) is 0 Å². The van der Waals surface area contributed by atoms with E-state index < -0.39 is 0 Å². The third-order valence-corrected chi connectivity index (χ3v) is 3.13. The van der Waals surface area contributed by atoms with E-state index in [1.165, 1.54) is 0 Å². The maximum absolute atomic E-state index is 6.23. The molecule has 0 saturated heterocycles. The average Bonchev–Trinajstić information content (AvgIpc) is 2.36. The first kappa shape index (κ1) is 14.7. The third-order valence-electron chi connectivity index (χ3n) is 3.13. The molecule has 0 saturated carbocycles. The van der Waals surface area contributed by atoms with E-state index in [-0.39, 0.29) is 5.54 Å². The van der Waals surface area contributed by atoms with Gasteiger partial charge in [-0.05, 0) is 26.7 Å². The summed E-state index contributed by atoms with van der Waals surface area (Å²) >= 11 is 0. The molecule has 0 unspecified atom stereocenters. The first-order valence-electron chi connectivity index (χ1n) is 6.54. The van der Waals surface area contributed by atoms with Gasteiger partial charge in [-0.2, -0.15) is 4.98 Å². The second-order valence-electron chi connectivity index (χ2n) is 4.53. The van der Waals surface area contributed by atoms with Gasteiger partial charge in [0.15, 0.2) is 0 Å². The van der Waals surface area contributed by atoms with Gasteiger partial charge >= 0.3 is 0 Å². The van der Waals surface area contributed by atoms with Crippen LogP contribution in [0.5, 0.6) is 5.88 Å². The molecule has 1 heterocycles. The Balaban J connectivity index is 2.72. The quantitative estimate of drug-likeness (QED) is 0.777. The van der Waals surface area contributed by atoms with Gasteiger partial charge in [0.05, 0.1) is 6.61 Å². The summed E-state index contributed by atoms with van der Waals surface area (Å²) < 4.78 is 5.39. The van der Waals surface area contributed by atoms with E-state index in [4.69, 9.17) is 10.5 Å². The second-order valence-corrected chi connectivity index (χ2v) is 4.53. The van der Waals surface area contributed by atoms with Gasteiger partial charge < -0.3 is 15.8 Å². The highest BCUT2D eigenvalue weighted by atomic mass is 16.5. The minimum Gasteiger partial charge on any atom is -0.478 e. The molecule has 0 aliphatic rings. The van der Waals surface area contributed by atoms with Crippen molar-refractivity contribution in [2.45, 2.75) is 46.1 Å². The normalized spacial score (nSPS) is 11.4. The van der Waals surface area contributed by atoms with Crippen LogP contribution in [0.25, 0.3) is 0 Å². The number of aromatic nitrogens is 2. The lowest BCUT2D eigenvalue weighted by molar-refractivity contribution is 0.326. The van der Waals surface area contributed by atoms with E-state index in [2.05, 4.69) is 29.1 Å². The van der Waals surface area contributed by atoms with Crippen molar-refractivity contribution in [1.82, 2.24) is 9.97 Å². The Kier molecular flexibility index (Phi) is 5.34. The molecular formula is C13H24N4O. The molecule has 1 aromatic heterocycles. The zero-order chi connectivity index (χ0) is 13.6. The standard InChI is InChI=1S/C13H24N4O/c1-5-13(14,6-2)9-15-12-16-10(4)8-11(17-12)18-7-3/h8H,5-7,9,14H2,1-4H3,(H,15,16,17). The monoisotopic (exact) mass is 252 g/mol. The summed E-state index contributed by atoms with van der Waals surface area (Å²) in [6.07, 6.45) is 1.83. The maximum Gasteiger partial charge on any atom is 0.226 e. The molecule has 0 fully saturated rings. The topological polar surface area (TPSA) is 73.1 Å². The number of anilines is 1. The molecule has 102 valence electrons. The maximum atomic E-state index is 6.23. The molecule has 1 rings (SSSR count). The van der Waals surface area contributed by atoms with Crippen molar-refractivity contribution in [3.05, 3.63) is 11.8 Å². The van der Waals surface area contributed by atoms with E-state index in [1.807, 2.05) is 19.9 Å². The number of nitrogens with two attached hydrogens (primary N) is 1. The zero-order valence-corrected chi connectivity index (χ0v) is 11.8. The van der Waals surface area contributed by atoms with Gasteiger partial charge in [0.25, 0.3) is 0 Å². The second kappa shape index (κ2) is 6.54. The zero-order valence-electron chi connectivity index (χ0n) is 11.8. The van der Waals surface area contributed by atoms with Crippen molar-refractivity contribution in [2.75, 3.05) is 18.5 Å². The highest BCUT2D eigenvalue weighted by molar-refractivity contribution is 5.31. The van der Waals surface area contributed by atoms with Crippen LogP contribution in [0.2, 0.25) is 0 Å². The largest absolute Gasteiger partial charge is 0.478 e. The van der Waals surface area contributed by atoms with Crippen molar-refractivity contribution in [2.24, 2.45) is 5.73 Å². The summed E-state index contributed by atoms with van der Waals surface area (Å²) in [5.41, 5.74) is 6.90. The molecule has 0 aliphatic heterocycles. The number of rotatable bonds is 7. The molecule has 3 N–H and O–H groups in total. The van der Waals surface area contributed by atoms with Crippen LogP contribution in [-0.2, 0) is 0 Å². The van der Waals surface area contributed by atoms with Crippen LogP contribution in [0.3, 0.4) is 0 Å². The van der Waals surface area contributed by atoms with Gasteiger partial charge in [0.2, 0.25) is 11.8 Å². The van der Waals surface area contributed by atoms with Crippen molar-refractivity contribution in [1.29, 1.82) is 0 Å². The Labute approximate surface area is 109 Å². The molecule has 0 spiro atoms. The fourth-order valence-corrected chi connectivity index (χ4v) is 1.60. The Hall–Kier alpha value is -1.36. The van der Waals surface area contributed by atoms with E-state index >= 15 is 0 Å². The fourth-order valence-electron chi connectivity index (χ4n) is 1.60.